The number of hydrogen-bond acceptors (Lipinski definition) is 2. The average molecular weight is 363 g/mol. The van der Waals surface area contributed by atoms with E-state index in [0.717, 1.165) is 22.2 Å². The van der Waals surface area contributed by atoms with Crippen molar-refractivity contribution in [2.75, 3.05) is 0 Å². The molecule has 0 atom stereocenters. The lowest BCUT2D eigenvalue weighted by atomic mass is 10.1. The van der Waals surface area contributed by atoms with Gasteiger partial charge in [0.25, 0.3) is 5.91 Å². The van der Waals surface area contributed by atoms with E-state index in [1.54, 1.807) is 30.3 Å². The van der Waals surface area contributed by atoms with Crippen molar-refractivity contribution >= 4 is 27.5 Å². The van der Waals surface area contributed by atoms with E-state index in [1.165, 1.54) is 12.1 Å². The fourth-order valence-corrected chi connectivity index (χ4v) is 2.36. The van der Waals surface area contributed by atoms with Gasteiger partial charge in [-0.1, -0.05) is 47.5 Å². The number of benzene rings is 2. The number of carbonyl (C=O) groups excluding carboxylic acids is 1. The number of nitrogens with zero attached hydrogens (tertiary/aromatic N) is 1. The maximum absolute atomic E-state index is 13.0. The first-order valence-corrected chi connectivity index (χ1v) is 7.78. The van der Waals surface area contributed by atoms with E-state index in [1.807, 2.05) is 13.0 Å². The van der Waals surface area contributed by atoms with Gasteiger partial charge in [0.2, 0.25) is 0 Å². The van der Waals surface area contributed by atoms with Gasteiger partial charge in [0, 0.05) is 10.0 Å². The molecule has 0 radical (unpaired) electrons. The first-order valence-electron chi connectivity index (χ1n) is 6.98. The molecule has 5 heteroatoms. The van der Waals surface area contributed by atoms with Crippen molar-refractivity contribution in [2.24, 2.45) is 5.10 Å². The third kappa shape index (κ3) is 4.49. The molecule has 0 aliphatic heterocycles. The highest BCUT2D eigenvalue weighted by Crippen LogP contribution is 2.12. The first-order chi connectivity index (χ1) is 10.6. The summed E-state index contributed by atoms with van der Waals surface area (Å²) in [4.78, 5) is 12.1. The Balaban J connectivity index is 2.16. The molecule has 0 heterocycles. The largest absolute Gasteiger partial charge is 0.271 e. The van der Waals surface area contributed by atoms with E-state index in [9.17, 15) is 9.18 Å². The molecule has 0 aliphatic carbocycles. The van der Waals surface area contributed by atoms with Crippen LogP contribution in [0.2, 0.25) is 0 Å². The van der Waals surface area contributed by atoms with Crippen molar-refractivity contribution in [3.8, 4) is 0 Å². The van der Waals surface area contributed by atoms with E-state index < -0.39 is 0 Å². The number of amides is 1. The number of nitrogens with one attached hydrogen (secondary N) is 1. The highest BCUT2D eigenvalue weighted by Gasteiger charge is 2.07. The fourth-order valence-electron chi connectivity index (χ4n) is 1.96. The lowest BCUT2D eigenvalue weighted by Gasteiger charge is -2.07. The van der Waals surface area contributed by atoms with Gasteiger partial charge < -0.3 is 0 Å². The Bertz CT molecular complexity index is 683. The van der Waals surface area contributed by atoms with E-state index in [4.69, 9.17) is 0 Å². The van der Waals surface area contributed by atoms with Crippen molar-refractivity contribution in [3.63, 3.8) is 0 Å². The molecule has 0 saturated heterocycles. The standard InChI is InChI=1S/C17H16BrFN2O/c1-2-4-16(12-7-9-15(19)10-8-12)20-21-17(22)13-5-3-6-14(18)11-13/h3,5-11H,2,4H2,1H3,(H,21,22)/b20-16+. The van der Waals surface area contributed by atoms with Gasteiger partial charge in [-0.2, -0.15) is 5.10 Å². The lowest BCUT2D eigenvalue weighted by Crippen LogP contribution is -2.20. The summed E-state index contributed by atoms with van der Waals surface area (Å²) < 4.78 is 13.8. The summed E-state index contributed by atoms with van der Waals surface area (Å²) in [5, 5.41) is 4.20. The van der Waals surface area contributed by atoms with Crippen LogP contribution in [0.25, 0.3) is 0 Å². The summed E-state index contributed by atoms with van der Waals surface area (Å²) in [6.45, 7) is 2.02. The van der Waals surface area contributed by atoms with Crippen LogP contribution in [0, 0.1) is 5.82 Å². The van der Waals surface area contributed by atoms with Crippen molar-refractivity contribution in [3.05, 3.63) is 69.9 Å². The molecular formula is C17H16BrFN2O. The molecule has 0 aromatic heterocycles. The summed E-state index contributed by atoms with van der Waals surface area (Å²) in [7, 11) is 0. The third-order valence-electron chi connectivity index (χ3n) is 3.04. The van der Waals surface area contributed by atoms with Crippen LogP contribution >= 0.6 is 15.9 Å². The number of rotatable bonds is 5. The predicted molar refractivity (Wildman–Crippen MR) is 89.5 cm³/mol. The molecule has 0 aliphatic rings. The highest BCUT2D eigenvalue weighted by atomic mass is 79.9. The van der Waals surface area contributed by atoms with Gasteiger partial charge in [-0.15, -0.1) is 0 Å². The summed E-state index contributed by atoms with van der Waals surface area (Å²) in [5.74, 6) is -0.574. The highest BCUT2D eigenvalue weighted by molar-refractivity contribution is 9.10. The molecule has 1 amide bonds. The third-order valence-corrected chi connectivity index (χ3v) is 3.54. The Morgan fingerprint density at radius 1 is 1.18 bits per heavy atom. The normalized spacial score (nSPS) is 11.3. The topological polar surface area (TPSA) is 41.5 Å². The minimum absolute atomic E-state index is 0.281. The van der Waals surface area contributed by atoms with Gasteiger partial charge in [-0.05, 0) is 42.3 Å². The van der Waals surface area contributed by atoms with Gasteiger partial charge in [-0.25, -0.2) is 9.82 Å². The van der Waals surface area contributed by atoms with Crippen LogP contribution in [-0.4, -0.2) is 11.6 Å². The second kappa shape index (κ2) is 7.84. The number of hydrogen-bond donors (Lipinski definition) is 1. The molecule has 0 unspecified atom stereocenters. The zero-order chi connectivity index (χ0) is 15.9. The van der Waals surface area contributed by atoms with Crippen LogP contribution in [-0.2, 0) is 0 Å². The quantitative estimate of drug-likeness (QED) is 0.616. The summed E-state index contributed by atoms with van der Waals surface area (Å²) >= 11 is 3.33. The molecular weight excluding hydrogens is 347 g/mol. The van der Waals surface area contributed by atoms with Crippen LogP contribution in [0.4, 0.5) is 4.39 Å². The van der Waals surface area contributed by atoms with Crippen LogP contribution in [0.3, 0.4) is 0 Å². The molecule has 0 fully saturated rings. The van der Waals surface area contributed by atoms with Crippen molar-refractivity contribution in [1.29, 1.82) is 0 Å². The Kier molecular flexibility index (Phi) is 5.83. The van der Waals surface area contributed by atoms with Gasteiger partial charge in [-0.3, -0.25) is 4.79 Å². The average Bonchev–Trinajstić information content (AvgIpc) is 2.52. The Morgan fingerprint density at radius 3 is 2.55 bits per heavy atom. The van der Waals surface area contributed by atoms with Crippen LogP contribution in [0.1, 0.15) is 35.7 Å². The number of carbonyl (C=O) groups is 1. The molecule has 0 bridgehead atoms. The van der Waals surface area contributed by atoms with Gasteiger partial charge in [0.15, 0.2) is 0 Å². The lowest BCUT2D eigenvalue weighted by molar-refractivity contribution is 0.0954. The van der Waals surface area contributed by atoms with Crippen molar-refractivity contribution in [2.45, 2.75) is 19.8 Å². The first kappa shape index (κ1) is 16.4. The molecule has 0 spiro atoms. The van der Waals surface area contributed by atoms with Gasteiger partial charge >= 0.3 is 0 Å². The molecule has 1 N–H and O–H groups in total. The van der Waals surface area contributed by atoms with Crippen LogP contribution in [0.15, 0.2) is 58.1 Å². The Labute approximate surface area is 137 Å². The molecule has 2 aromatic rings. The Morgan fingerprint density at radius 2 is 1.91 bits per heavy atom. The van der Waals surface area contributed by atoms with Crippen LogP contribution in [0.5, 0.6) is 0 Å². The van der Waals surface area contributed by atoms with E-state index in [2.05, 4.69) is 26.5 Å². The molecule has 2 rings (SSSR count). The van der Waals surface area contributed by atoms with Crippen molar-refractivity contribution < 1.29 is 9.18 Å². The minimum Gasteiger partial charge on any atom is -0.267 e. The molecule has 114 valence electrons. The molecule has 0 saturated carbocycles. The molecule has 2 aromatic carbocycles. The second-order valence-electron chi connectivity index (χ2n) is 4.77. The van der Waals surface area contributed by atoms with Crippen LogP contribution < -0.4 is 5.43 Å². The monoisotopic (exact) mass is 362 g/mol. The second-order valence-corrected chi connectivity index (χ2v) is 5.68. The maximum Gasteiger partial charge on any atom is 0.271 e. The SMILES string of the molecule is CCC/C(=N\NC(=O)c1cccc(Br)c1)c1ccc(F)cc1. The molecule has 3 nitrogen and oxygen atoms in total. The number of hydrazone groups is 1. The summed E-state index contributed by atoms with van der Waals surface area (Å²) in [6.07, 6.45) is 1.58. The number of halogens is 2. The molecule has 22 heavy (non-hydrogen) atoms. The van der Waals surface area contributed by atoms with E-state index in [-0.39, 0.29) is 11.7 Å². The predicted octanol–water partition coefficient (Wildman–Crippen LogP) is 4.52. The van der Waals surface area contributed by atoms with E-state index >= 15 is 0 Å². The van der Waals surface area contributed by atoms with Gasteiger partial charge in [0.1, 0.15) is 5.82 Å². The van der Waals surface area contributed by atoms with E-state index in [0.29, 0.717) is 12.0 Å². The van der Waals surface area contributed by atoms with Gasteiger partial charge in [0.05, 0.1) is 5.71 Å². The van der Waals surface area contributed by atoms with Crippen molar-refractivity contribution in [1.82, 2.24) is 5.43 Å². The fraction of sp³-hybridized carbons (Fsp3) is 0.176. The zero-order valence-corrected chi connectivity index (χ0v) is 13.7. The zero-order valence-electron chi connectivity index (χ0n) is 12.1. The smallest absolute Gasteiger partial charge is 0.267 e. The summed E-state index contributed by atoms with van der Waals surface area (Å²) in [6, 6.07) is 13.2. The minimum atomic E-state index is -0.294. The summed E-state index contributed by atoms with van der Waals surface area (Å²) in [5.41, 5.74) is 4.61. The maximum atomic E-state index is 13.0. The Hall–Kier alpha value is -2.01.